The van der Waals surface area contributed by atoms with E-state index in [-0.39, 0.29) is 9.66 Å². The number of nitrogens with one attached hydrogen (secondary N) is 1. The van der Waals surface area contributed by atoms with Crippen molar-refractivity contribution in [1.29, 1.82) is 0 Å². The van der Waals surface area contributed by atoms with E-state index in [9.17, 15) is 19.4 Å². The second kappa shape index (κ2) is 4.93. The van der Waals surface area contributed by atoms with Gasteiger partial charge in [-0.3, -0.25) is 9.55 Å². The Morgan fingerprint density at radius 2 is 2.26 bits per heavy atom. The number of aliphatic hydroxyl groups excluding tert-OH is 3. The number of aliphatic hydroxyl groups is 3. The number of H-pyrrole nitrogens is 1. The standard InChI is InChI=1S/C9H10ClFN2O5S/c10-3-1-13(8(17)12-6(3)19)7-4(15)5(16)9(11,2-14)18-7/h1,4-5,7,14-16H,2H2,(H,12,17,19)/t4-,5+,7-,9-/m1/s1. The molecule has 7 nitrogen and oxygen atoms in total. The molecule has 0 unspecified atom stereocenters. The molecule has 1 fully saturated rings. The average Bonchev–Trinajstić information content (AvgIpc) is 2.59. The van der Waals surface area contributed by atoms with E-state index in [4.69, 9.17) is 33.7 Å². The van der Waals surface area contributed by atoms with E-state index in [1.165, 1.54) is 0 Å². The number of nitrogens with zero attached hydrogens (tertiary/aromatic N) is 1. The monoisotopic (exact) mass is 312 g/mol. The number of alkyl halides is 1. The van der Waals surface area contributed by atoms with Gasteiger partial charge in [0.25, 0.3) is 5.85 Å². The lowest BCUT2D eigenvalue weighted by Gasteiger charge is -2.20. The molecule has 0 aromatic carbocycles. The van der Waals surface area contributed by atoms with Crippen molar-refractivity contribution in [3.63, 3.8) is 0 Å². The summed E-state index contributed by atoms with van der Waals surface area (Å²) >= 11 is 10.4. The van der Waals surface area contributed by atoms with Gasteiger partial charge in [-0.05, 0) is 0 Å². The van der Waals surface area contributed by atoms with Crippen LogP contribution in [0.2, 0.25) is 5.02 Å². The molecule has 1 aromatic rings. The van der Waals surface area contributed by atoms with Gasteiger partial charge in [0.1, 0.15) is 23.5 Å². The smallest absolute Gasteiger partial charge is 0.328 e. The maximum atomic E-state index is 13.9. The Balaban J connectivity index is 2.47. The van der Waals surface area contributed by atoms with Gasteiger partial charge < -0.3 is 20.1 Å². The molecular formula is C9H10ClFN2O5S. The molecule has 1 aromatic heterocycles. The largest absolute Gasteiger partial charge is 0.390 e. The van der Waals surface area contributed by atoms with Crippen LogP contribution in [0.15, 0.2) is 11.0 Å². The van der Waals surface area contributed by atoms with Gasteiger partial charge in [0.2, 0.25) is 0 Å². The molecule has 0 saturated carbocycles. The van der Waals surface area contributed by atoms with E-state index in [0.717, 1.165) is 10.8 Å². The summed E-state index contributed by atoms with van der Waals surface area (Å²) in [4.78, 5) is 13.9. The minimum Gasteiger partial charge on any atom is -0.390 e. The maximum absolute atomic E-state index is 13.9. The Morgan fingerprint density at radius 1 is 1.63 bits per heavy atom. The quantitative estimate of drug-likeness (QED) is 0.547. The third-order valence-corrected chi connectivity index (χ3v) is 3.51. The highest BCUT2D eigenvalue weighted by Gasteiger charge is 2.55. The van der Waals surface area contributed by atoms with E-state index in [1.54, 1.807) is 0 Å². The summed E-state index contributed by atoms with van der Waals surface area (Å²) in [6.07, 6.45) is -4.25. The Labute approximate surface area is 115 Å². The first-order chi connectivity index (χ1) is 8.80. The molecule has 0 bridgehead atoms. The van der Waals surface area contributed by atoms with Crippen molar-refractivity contribution in [1.82, 2.24) is 9.55 Å². The van der Waals surface area contributed by atoms with Gasteiger partial charge in [0.05, 0.1) is 5.02 Å². The molecule has 1 saturated heterocycles. The van der Waals surface area contributed by atoms with Crippen LogP contribution in [-0.4, -0.2) is 49.5 Å². The minimum atomic E-state index is -2.86. The molecule has 2 heterocycles. The number of aromatic nitrogens is 2. The zero-order valence-corrected chi connectivity index (χ0v) is 10.9. The SMILES string of the molecule is O=c1[nH]c(=S)c(Cl)cn1[C@@H]1O[C@](F)(CO)[C@@H](O)[C@H]1O. The summed E-state index contributed by atoms with van der Waals surface area (Å²) in [6, 6.07) is 0. The van der Waals surface area contributed by atoms with Crippen LogP contribution in [0.1, 0.15) is 6.23 Å². The second-order valence-corrected chi connectivity index (χ2v) is 4.85. The minimum absolute atomic E-state index is 0.0137. The highest BCUT2D eigenvalue weighted by molar-refractivity contribution is 7.71. The van der Waals surface area contributed by atoms with Crippen LogP contribution in [0.3, 0.4) is 0 Å². The molecule has 0 amide bonds. The van der Waals surface area contributed by atoms with Gasteiger partial charge in [-0.2, -0.15) is 0 Å². The average molecular weight is 313 g/mol. The molecule has 4 atom stereocenters. The van der Waals surface area contributed by atoms with Gasteiger partial charge in [0, 0.05) is 6.20 Å². The van der Waals surface area contributed by atoms with E-state index in [0.29, 0.717) is 0 Å². The zero-order chi connectivity index (χ0) is 14.4. The van der Waals surface area contributed by atoms with Gasteiger partial charge in [-0.15, -0.1) is 0 Å². The highest BCUT2D eigenvalue weighted by atomic mass is 35.5. The van der Waals surface area contributed by atoms with Crippen molar-refractivity contribution in [3.8, 4) is 0 Å². The maximum Gasteiger partial charge on any atom is 0.328 e. The molecule has 19 heavy (non-hydrogen) atoms. The van der Waals surface area contributed by atoms with Gasteiger partial charge in [0.15, 0.2) is 6.23 Å². The van der Waals surface area contributed by atoms with Crippen molar-refractivity contribution in [3.05, 3.63) is 26.3 Å². The summed E-state index contributed by atoms with van der Waals surface area (Å²) in [5.41, 5.74) is -0.798. The van der Waals surface area contributed by atoms with Crippen LogP contribution in [0, 0.1) is 4.64 Å². The number of rotatable bonds is 2. The Hall–Kier alpha value is -0.840. The third-order valence-electron chi connectivity index (χ3n) is 2.79. The number of hydrogen-bond acceptors (Lipinski definition) is 6. The summed E-state index contributed by atoms with van der Waals surface area (Å²) in [5, 5.41) is 28.0. The Bertz CT molecular complexity index is 607. The highest BCUT2D eigenvalue weighted by Crippen LogP contribution is 2.37. The van der Waals surface area contributed by atoms with Crippen LogP contribution in [-0.2, 0) is 4.74 Å². The summed E-state index contributed by atoms with van der Waals surface area (Å²) in [7, 11) is 0. The fourth-order valence-corrected chi connectivity index (χ4v) is 2.05. The predicted octanol–water partition coefficient (Wildman–Crippen LogP) is -0.532. The molecule has 10 heteroatoms. The zero-order valence-electron chi connectivity index (χ0n) is 9.29. The topological polar surface area (TPSA) is 108 Å². The fourth-order valence-electron chi connectivity index (χ4n) is 1.75. The van der Waals surface area contributed by atoms with Crippen LogP contribution >= 0.6 is 23.8 Å². The molecule has 0 spiro atoms. The van der Waals surface area contributed by atoms with E-state index in [2.05, 4.69) is 4.98 Å². The molecule has 2 rings (SSSR count). The number of aromatic amines is 1. The Kier molecular flexibility index (Phi) is 3.78. The molecule has 4 N–H and O–H groups in total. The lowest BCUT2D eigenvalue weighted by molar-refractivity contribution is -0.207. The number of halogens is 2. The van der Waals surface area contributed by atoms with Gasteiger partial charge in [-0.1, -0.05) is 23.8 Å². The van der Waals surface area contributed by atoms with Crippen molar-refractivity contribution in [2.75, 3.05) is 6.61 Å². The molecule has 0 radical (unpaired) electrons. The van der Waals surface area contributed by atoms with Crippen LogP contribution in [0.5, 0.6) is 0 Å². The molecule has 106 valence electrons. The number of ether oxygens (including phenoxy) is 1. The van der Waals surface area contributed by atoms with Crippen LogP contribution < -0.4 is 5.69 Å². The van der Waals surface area contributed by atoms with Crippen molar-refractivity contribution in [2.45, 2.75) is 24.3 Å². The molecule has 0 aliphatic carbocycles. The molecule has 1 aliphatic rings. The van der Waals surface area contributed by atoms with Crippen LogP contribution in [0.4, 0.5) is 4.39 Å². The van der Waals surface area contributed by atoms with Gasteiger partial charge in [-0.25, -0.2) is 9.18 Å². The van der Waals surface area contributed by atoms with Crippen molar-refractivity contribution in [2.24, 2.45) is 0 Å². The van der Waals surface area contributed by atoms with Crippen LogP contribution in [0.25, 0.3) is 0 Å². The lowest BCUT2D eigenvalue weighted by Crippen LogP contribution is -2.42. The predicted molar refractivity (Wildman–Crippen MR) is 64.0 cm³/mol. The fraction of sp³-hybridized carbons (Fsp3) is 0.556. The summed E-state index contributed by atoms with van der Waals surface area (Å²) in [5.74, 6) is -2.86. The van der Waals surface area contributed by atoms with Crippen molar-refractivity contribution < 1.29 is 24.4 Å². The third kappa shape index (κ3) is 2.33. The first-order valence-electron chi connectivity index (χ1n) is 5.15. The Morgan fingerprint density at radius 3 is 2.79 bits per heavy atom. The molecular weight excluding hydrogens is 303 g/mol. The summed E-state index contributed by atoms with van der Waals surface area (Å²) in [6.45, 7) is -1.17. The number of hydrogen-bond donors (Lipinski definition) is 4. The lowest BCUT2D eigenvalue weighted by atomic mass is 10.1. The van der Waals surface area contributed by atoms with E-state index >= 15 is 0 Å². The summed E-state index contributed by atoms with van der Waals surface area (Å²) < 4.78 is 19.3. The van der Waals surface area contributed by atoms with Crippen molar-refractivity contribution >= 4 is 23.8 Å². The normalized spacial score (nSPS) is 34.7. The molecule has 1 aliphatic heterocycles. The first-order valence-corrected chi connectivity index (χ1v) is 5.93. The van der Waals surface area contributed by atoms with Gasteiger partial charge >= 0.3 is 5.69 Å². The van der Waals surface area contributed by atoms with E-state index in [1.807, 2.05) is 0 Å². The first kappa shape index (κ1) is 14.6. The van der Waals surface area contributed by atoms with E-state index < -0.39 is 36.6 Å². The second-order valence-electron chi connectivity index (χ2n) is 4.03.